The minimum Gasteiger partial charge on any atom is -0.480 e. The molecular formula is C7H6N4O6. The van der Waals surface area contributed by atoms with Gasteiger partial charge in [0.1, 0.15) is 4.92 Å². The van der Waals surface area contributed by atoms with E-state index < -0.39 is 23.3 Å². The van der Waals surface area contributed by atoms with Crippen LogP contribution >= 0.6 is 0 Å². The molecule has 0 fully saturated rings. The SMILES string of the molecule is O=NN(CC(=O)O)/N=C/c1ccc([N+](=O)[O-])o1. The van der Waals surface area contributed by atoms with Gasteiger partial charge in [-0.05, 0) is 6.07 Å². The Hall–Kier alpha value is -2.78. The fraction of sp³-hybridized carbons (Fsp3) is 0.143. The average molecular weight is 242 g/mol. The van der Waals surface area contributed by atoms with Crippen molar-refractivity contribution < 1.29 is 19.2 Å². The number of carboxylic acid groups (broad SMARTS) is 1. The van der Waals surface area contributed by atoms with Crippen molar-refractivity contribution in [2.45, 2.75) is 0 Å². The van der Waals surface area contributed by atoms with Crippen LogP contribution in [0.4, 0.5) is 5.88 Å². The summed E-state index contributed by atoms with van der Waals surface area (Å²) in [6, 6.07) is 2.34. The van der Waals surface area contributed by atoms with Gasteiger partial charge in [0.2, 0.25) is 0 Å². The van der Waals surface area contributed by atoms with E-state index in [-0.39, 0.29) is 5.76 Å². The Morgan fingerprint density at radius 1 is 1.65 bits per heavy atom. The van der Waals surface area contributed by atoms with E-state index >= 15 is 0 Å². The highest BCUT2D eigenvalue weighted by atomic mass is 16.6. The highest BCUT2D eigenvalue weighted by Crippen LogP contribution is 2.13. The molecule has 0 aliphatic rings. The predicted molar refractivity (Wildman–Crippen MR) is 53.1 cm³/mol. The highest BCUT2D eigenvalue weighted by molar-refractivity contribution is 5.76. The van der Waals surface area contributed by atoms with Crippen LogP contribution in [0.2, 0.25) is 0 Å². The summed E-state index contributed by atoms with van der Waals surface area (Å²) in [5.74, 6) is -1.79. The largest absolute Gasteiger partial charge is 0.480 e. The number of carbonyl (C=O) groups is 1. The minimum atomic E-state index is -1.30. The molecule has 0 atom stereocenters. The summed E-state index contributed by atoms with van der Waals surface area (Å²) in [5, 5.41) is 24.7. The number of nitrogens with zero attached hydrogens (tertiary/aromatic N) is 4. The first-order valence-electron chi connectivity index (χ1n) is 4.13. The number of nitro groups is 1. The number of nitroso groups, excluding NO2 is 1. The Morgan fingerprint density at radius 2 is 2.35 bits per heavy atom. The smallest absolute Gasteiger partial charge is 0.433 e. The van der Waals surface area contributed by atoms with Gasteiger partial charge in [-0.25, -0.2) is 0 Å². The Morgan fingerprint density at radius 3 is 2.82 bits per heavy atom. The van der Waals surface area contributed by atoms with Gasteiger partial charge in [-0.3, -0.25) is 14.9 Å². The van der Waals surface area contributed by atoms with E-state index in [2.05, 4.69) is 14.8 Å². The number of hydrogen-bond acceptors (Lipinski definition) is 7. The molecule has 10 nitrogen and oxygen atoms in total. The molecule has 10 heteroatoms. The summed E-state index contributed by atoms with van der Waals surface area (Å²) < 4.78 is 4.68. The third-order valence-corrected chi connectivity index (χ3v) is 1.48. The number of furan rings is 1. The van der Waals surface area contributed by atoms with Crippen LogP contribution in [0.15, 0.2) is 26.9 Å². The Labute approximate surface area is 93.2 Å². The molecule has 17 heavy (non-hydrogen) atoms. The van der Waals surface area contributed by atoms with Crippen LogP contribution < -0.4 is 0 Å². The van der Waals surface area contributed by atoms with Gasteiger partial charge in [-0.1, -0.05) is 0 Å². The Bertz CT molecular complexity index is 467. The van der Waals surface area contributed by atoms with Crippen molar-refractivity contribution >= 4 is 18.1 Å². The van der Waals surface area contributed by atoms with E-state index in [1.54, 1.807) is 0 Å². The first-order chi connectivity index (χ1) is 8.02. The van der Waals surface area contributed by atoms with Gasteiger partial charge in [0.05, 0.1) is 17.6 Å². The van der Waals surface area contributed by atoms with Gasteiger partial charge >= 0.3 is 11.9 Å². The van der Waals surface area contributed by atoms with Gasteiger partial charge < -0.3 is 9.52 Å². The van der Waals surface area contributed by atoms with Gasteiger partial charge in [0, 0.05) is 0 Å². The van der Waals surface area contributed by atoms with E-state index in [0.29, 0.717) is 5.12 Å². The second-order valence-corrected chi connectivity index (χ2v) is 2.68. The number of hydrogen-bond donors (Lipinski definition) is 1. The lowest BCUT2D eigenvalue weighted by molar-refractivity contribution is -0.402. The van der Waals surface area contributed by atoms with Crippen molar-refractivity contribution in [3.8, 4) is 0 Å². The highest BCUT2D eigenvalue weighted by Gasteiger charge is 2.11. The molecule has 1 N–H and O–H groups in total. The fourth-order valence-corrected chi connectivity index (χ4v) is 0.845. The van der Waals surface area contributed by atoms with E-state index in [4.69, 9.17) is 5.11 Å². The second-order valence-electron chi connectivity index (χ2n) is 2.68. The summed E-state index contributed by atoms with van der Waals surface area (Å²) in [4.78, 5) is 29.9. The van der Waals surface area contributed by atoms with Crippen molar-refractivity contribution in [3.63, 3.8) is 0 Å². The molecule has 0 aliphatic carbocycles. The van der Waals surface area contributed by atoms with Gasteiger partial charge in [0.25, 0.3) is 0 Å². The molecule has 90 valence electrons. The first-order valence-corrected chi connectivity index (χ1v) is 4.13. The molecule has 0 saturated carbocycles. The summed E-state index contributed by atoms with van der Waals surface area (Å²) >= 11 is 0. The third kappa shape index (κ3) is 3.70. The second kappa shape index (κ2) is 5.34. The summed E-state index contributed by atoms with van der Waals surface area (Å²) in [6.07, 6.45) is 0.942. The van der Waals surface area contributed by atoms with Gasteiger partial charge in [0.15, 0.2) is 12.3 Å². The number of aliphatic carboxylic acids is 1. The molecule has 1 rings (SSSR count). The summed E-state index contributed by atoms with van der Waals surface area (Å²) in [5.41, 5.74) is 0. The molecule has 0 spiro atoms. The zero-order chi connectivity index (χ0) is 12.8. The molecule has 1 aromatic rings. The van der Waals surface area contributed by atoms with Crippen molar-refractivity contribution in [1.29, 1.82) is 0 Å². The van der Waals surface area contributed by atoms with E-state index in [0.717, 1.165) is 12.3 Å². The van der Waals surface area contributed by atoms with Crippen LogP contribution in [0.3, 0.4) is 0 Å². The van der Waals surface area contributed by atoms with Crippen LogP contribution in [0, 0.1) is 15.0 Å². The maximum absolute atomic E-state index is 10.3. The van der Waals surface area contributed by atoms with Crippen molar-refractivity contribution in [2.24, 2.45) is 10.4 Å². The molecule has 0 aliphatic heterocycles. The zero-order valence-electron chi connectivity index (χ0n) is 8.22. The lowest BCUT2D eigenvalue weighted by atomic mass is 10.5. The fourth-order valence-electron chi connectivity index (χ4n) is 0.845. The zero-order valence-corrected chi connectivity index (χ0v) is 8.22. The Kier molecular flexibility index (Phi) is 3.86. The van der Waals surface area contributed by atoms with E-state index in [1.165, 1.54) is 6.07 Å². The third-order valence-electron chi connectivity index (χ3n) is 1.48. The molecule has 0 saturated heterocycles. The molecule has 1 heterocycles. The van der Waals surface area contributed by atoms with Crippen LogP contribution in [-0.2, 0) is 4.79 Å². The molecule has 0 radical (unpaired) electrons. The van der Waals surface area contributed by atoms with Gasteiger partial charge in [-0.2, -0.15) is 5.10 Å². The van der Waals surface area contributed by atoms with Crippen molar-refractivity contribution in [1.82, 2.24) is 5.12 Å². The maximum Gasteiger partial charge on any atom is 0.433 e. The number of rotatable bonds is 6. The average Bonchev–Trinajstić information content (AvgIpc) is 2.72. The maximum atomic E-state index is 10.3. The molecule has 1 aromatic heterocycles. The molecule has 0 bridgehead atoms. The van der Waals surface area contributed by atoms with Crippen molar-refractivity contribution in [2.75, 3.05) is 6.54 Å². The van der Waals surface area contributed by atoms with Crippen molar-refractivity contribution in [3.05, 3.63) is 32.9 Å². The number of carboxylic acids is 1. The quantitative estimate of drug-likeness (QED) is 0.333. The van der Waals surface area contributed by atoms with E-state index in [9.17, 15) is 19.8 Å². The molecule has 0 amide bonds. The molecule has 0 unspecified atom stereocenters. The summed E-state index contributed by atoms with van der Waals surface area (Å²) in [7, 11) is 0. The van der Waals surface area contributed by atoms with Crippen LogP contribution in [0.25, 0.3) is 0 Å². The minimum absolute atomic E-state index is 0.00395. The summed E-state index contributed by atoms with van der Waals surface area (Å²) in [6.45, 7) is -0.719. The lowest BCUT2D eigenvalue weighted by Gasteiger charge is -2.02. The molecular weight excluding hydrogens is 236 g/mol. The monoisotopic (exact) mass is 242 g/mol. The lowest BCUT2D eigenvalue weighted by Crippen LogP contribution is -2.19. The number of hydrazone groups is 1. The topological polar surface area (TPSA) is 139 Å². The van der Waals surface area contributed by atoms with Crippen LogP contribution in [0.5, 0.6) is 0 Å². The normalized spacial score (nSPS) is 10.4. The van der Waals surface area contributed by atoms with Gasteiger partial charge in [-0.15, -0.1) is 10.0 Å². The first kappa shape index (κ1) is 12.3. The van der Waals surface area contributed by atoms with Crippen LogP contribution in [0.1, 0.15) is 5.76 Å². The Balaban J connectivity index is 2.70. The van der Waals surface area contributed by atoms with E-state index in [1.807, 2.05) is 0 Å². The van der Waals surface area contributed by atoms with Crippen LogP contribution in [-0.4, -0.2) is 33.9 Å². The molecule has 0 aromatic carbocycles. The predicted octanol–water partition coefficient (Wildman–Crippen LogP) is 0.590. The standard InChI is InChI=1S/C7H6N4O6/c12-7(13)4-10(9-14)8-3-5-1-2-6(17-5)11(15)16/h1-3H,4H2,(H,12,13)/b8-3+.